The van der Waals surface area contributed by atoms with Gasteiger partial charge in [0.2, 0.25) is 10.0 Å². The third-order valence-corrected chi connectivity index (χ3v) is 5.60. The smallest absolute Gasteiger partial charge is 0.243 e. The molecule has 1 N–H and O–H groups in total. The van der Waals surface area contributed by atoms with E-state index >= 15 is 0 Å². The van der Waals surface area contributed by atoms with E-state index in [1.54, 1.807) is 6.07 Å². The van der Waals surface area contributed by atoms with Gasteiger partial charge in [0, 0.05) is 37.3 Å². The molecule has 1 saturated heterocycles. The van der Waals surface area contributed by atoms with Crippen LogP contribution in [0.2, 0.25) is 0 Å². The van der Waals surface area contributed by atoms with E-state index in [2.05, 4.69) is 5.32 Å². The first-order chi connectivity index (χ1) is 10.0. The van der Waals surface area contributed by atoms with Crippen molar-refractivity contribution < 1.29 is 17.9 Å². The largest absolute Gasteiger partial charge is 0.497 e. The molecule has 1 aliphatic rings. The summed E-state index contributed by atoms with van der Waals surface area (Å²) in [7, 11) is 1.33. The summed E-state index contributed by atoms with van der Waals surface area (Å²) < 4.78 is 37.4. The molecule has 2 rings (SSSR count). The fourth-order valence-electron chi connectivity index (χ4n) is 2.48. The zero-order valence-electron chi connectivity index (χ0n) is 13.0. The lowest BCUT2D eigenvalue weighted by Crippen LogP contribution is -2.46. The fourth-order valence-corrected chi connectivity index (χ4v) is 4.05. The molecule has 1 unspecified atom stereocenters. The molecule has 1 aromatic carbocycles. The standard InChI is InChI=1S/C14H22N2O4S.ClH/c1-15-11-5-4-6-16(10-11)21(17,18)14-8-12(19-2)7-13(9-14)20-3;/h7-9,11,15H,4-6,10H2,1-3H3;1H. The lowest BCUT2D eigenvalue weighted by Gasteiger charge is -2.31. The molecule has 1 heterocycles. The van der Waals surface area contributed by atoms with Gasteiger partial charge >= 0.3 is 0 Å². The van der Waals surface area contributed by atoms with Crippen LogP contribution in [0.1, 0.15) is 12.8 Å². The number of rotatable bonds is 5. The summed E-state index contributed by atoms with van der Waals surface area (Å²) in [6.45, 7) is 1.03. The zero-order chi connectivity index (χ0) is 15.5. The summed E-state index contributed by atoms with van der Waals surface area (Å²) in [4.78, 5) is 0.204. The second-order valence-electron chi connectivity index (χ2n) is 5.04. The summed E-state index contributed by atoms with van der Waals surface area (Å²) in [5.41, 5.74) is 0. The van der Waals surface area contributed by atoms with Gasteiger partial charge in [-0.25, -0.2) is 8.42 Å². The number of halogens is 1. The number of nitrogens with zero attached hydrogens (tertiary/aromatic N) is 1. The molecular weight excluding hydrogens is 328 g/mol. The van der Waals surface area contributed by atoms with Crippen LogP contribution in [0.15, 0.2) is 23.1 Å². The maximum atomic E-state index is 12.8. The number of hydrogen-bond donors (Lipinski definition) is 1. The van der Waals surface area contributed by atoms with Gasteiger partial charge < -0.3 is 14.8 Å². The predicted octanol–water partition coefficient (Wildman–Crippen LogP) is 1.50. The third-order valence-electron chi connectivity index (χ3n) is 3.76. The Hall–Kier alpha value is -1.02. The van der Waals surface area contributed by atoms with Crippen molar-refractivity contribution in [3.63, 3.8) is 0 Å². The predicted molar refractivity (Wildman–Crippen MR) is 87.6 cm³/mol. The van der Waals surface area contributed by atoms with Gasteiger partial charge in [-0.3, -0.25) is 0 Å². The third kappa shape index (κ3) is 4.04. The van der Waals surface area contributed by atoms with E-state index in [-0.39, 0.29) is 23.3 Å². The molecule has 6 nitrogen and oxygen atoms in total. The van der Waals surface area contributed by atoms with Gasteiger partial charge in [-0.2, -0.15) is 4.31 Å². The highest BCUT2D eigenvalue weighted by Crippen LogP contribution is 2.28. The Morgan fingerprint density at radius 3 is 2.27 bits per heavy atom. The molecule has 0 amide bonds. The monoisotopic (exact) mass is 350 g/mol. The Labute approximate surface area is 138 Å². The number of nitrogens with one attached hydrogen (secondary N) is 1. The maximum absolute atomic E-state index is 12.8. The van der Waals surface area contributed by atoms with E-state index in [0.717, 1.165) is 12.8 Å². The average molecular weight is 351 g/mol. The minimum Gasteiger partial charge on any atom is -0.497 e. The average Bonchev–Trinajstić information content (AvgIpc) is 2.54. The number of sulfonamides is 1. The van der Waals surface area contributed by atoms with Crippen molar-refractivity contribution >= 4 is 22.4 Å². The molecule has 0 saturated carbocycles. The molecule has 1 aliphatic heterocycles. The van der Waals surface area contributed by atoms with Crippen molar-refractivity contribution in [2.24, 2.45) is 0 Å². The molecule has 0 spiro atoms. The highest BCUT2D eigenvalue weighted by atomic mass is 35.5. The molecule has 8 heteroatoms. The summed E-state index contributed by atoms with van der Waals surface area (Å²) in [5.74, 6) is 0.935. The van der Waals surface area contributed by atoms with Gasteiger partial charge in [-0.05, 0) is 19.9 Å². The van der Waals surface area contributed by atoms with E-state index in [1.165, 1.54) is 30.7 Å². The van der Waals surface area contributed by atoms with Gasteiger partial charge in [0.25, 0.3) is 0 Å². The van der Waals surface area contributed by atoms with Crippen LogP contribution >= 0.6 is 12.4 Å². The molecular formula is C14H23ClN2O4S. The zero-order valence-corrected chi connectivity index (χ0v) is 14.7. The van der Waals surface area contributed by atoms with Crippen molar-refractivity contribution in [2.45, 2.75) is 23.8 Å². The number of ether oxygens (including phenoxy) is 2. The van der Waals surface area contributed by atoms with E-state index < -0.39 is 10.0 Å². The Morgan fingerprint density at radius 2 is 1.77 bits per heavy atom. The van der Waals surface area contributed by atoms with E-state index in [1.807, 2.05) is 7.05 Å². The van der Waals surface area contributed by atoms with Crippen molar-refractivity contribution in [3.05, 3.63) is 18.2 Å². The summed E-state index contributed by atoms with van der Waals surface area (Å²) in [6, 6.07) is 4.91. The first-order valence-electron chi connectivity index (χ1n) is 6.91. The topological polar surface area (TPSA) is 67.9 Å². The molecule has 0 aliphatic carbocycles. The van der Waals surface area contributed by atoms with Crippen LogP contribution in [0.25, 0.3) is 0 Å². The molecule has 1 aromatic rings. The normalized spacial score (nSPS) is 19.3. The Morgan fingerprint density at radius 1 is 1.18 bits per heavy atom. The number of likely N-dealkylation sites (N-methyl/N-ethyl adjacent to an activating group) is 1. The molecule has 0 radical (unpaired) electrons. The van der Waals surface area contributed by atoms with E-state index in [4.69, 9.17) is 9.47 Å². The summed E-state index contributed by atoms with van der Waals surface area (Å²) >= 11 is 0. The fraction of sp³-hybridized carbons (Fsp3) is 0.571. The summed E-state index contributed by atoms with van der Waals surface area (Å²) in [6.07, 6.45) is 1.84. The van der Waals surface area contributed by atoms with Gasteiger partial charge in [-0.1, -0.05) is 0 Å². The van der Waals surface area contributed by atoms with Crippen LogP contribution in [0.3, 0.4) is 0 Å². The van der Waals surface area contributed by atoms with Gasteiger partial charge in [-0.15, -0.1) is 12.4 Å². The first-order valence-corrected chi connectivity index (χ1v) is 8.35. The molecule has 0 bridgehead atoms. The number of hydrogen-bond acceptors (Lipinski definition) is 5. The second-order valence-corrected chi connectivity index (χ2v) is 6.98. The Balaban J connectivity index is 0.00000242. The Kier molecular flexibility index (Phi) is 6.93. The van der Waals surface area contributed by atoms with Crippen LogP contribution in [0.5, 0.6) is 11.5 Å². The van der Waals surface area contributed by atoms with Crippen LogP contribution < -0.4 is 14.8 Å². The van der Waals surface area contributed by atoms with Crippen LogP contribution in [0, 0.1) is 0 Å². The lowest BCUT2D eigenvalue weighted by atomic mass is 10.1. The number of piperidine rings is 1. The molecule has 0 aromatic heterocycles. The van der Waals surface area contributed by atoms with Crippen LogP contribution in [0.4, 0.5) is 0 Å². The highest BCUT2D eigenvalue weighted by Gasteiger charge is 2.30. The van der Waals surface area contributed by atoms with Gasteiger partial charge in [0.15, 0.2) is 0 Å². The van der Waals surface area contributed by atoms with Crippen molar-refractivity contribution in [3.8, 4) is 11.5 Å². The summed E-state index contributed by atoms with van der Waals surface area (Å²) in [5, 5.41) is 3.15. The van der Waals surface area contributed by atoms with E-state index in [0.29, 0.717) is 24.6 Å². The second kappa shape index (κ2) is 8.01. The minimum atomic E-state index is -3.54. The van der Waals surface area contributed by atoms with E-state index in [9.17, 15) is 8.42 Å². The van der Waals surface area contributed by atoms with Crippen molar-refractivity contribution in [2.75, 3.05) is 34.4 Å². The minimum absolute atomic E-state index is 0. The SMILES string of the molecule is CNC1CCCN(S(=O)(=O)c2cc(OC)cc(OC)c2)C1.Cl. The van der Waals surface area contributed by atoms with Crippen LogP contribution in [-0.2, 0) is 10.0 Å². The first kappa shape index (κ1) is 19.0. The van der Waals surface area contributed by atoms with Crippen molar-refractivity contribution in [1.82, 2.24) is 9.62 Å². The molecule has 1 atom stereocenters. The van der Waals surface area contributed by atoms with Gasteiger partial charge in [0.1, 0.15) is 11.5 Å². The molecule has 1 fully saturated rings. The van der Waals surface area contributed by atoms with Crippen LogP contribution in [-0.4, -0.2) is 53.1 Å². The number of methoxy groups -OCH3 is 2. The quantitative estimate of drug-likeness (QED) is 0.871. The highest BCUT2D eigenvalue weighted by molar-refractivity contribution is 7.89. The van der Waals surface area contributed by atoms with Gasteiger partial charge in [0.05, 0.1) is 19.1 Å². The maximum Gasteiger partial charge on any atom is 0.243 e. The molecule has 22 heavy (non-hydrogen) atoms. The lowest BCUT2D eigenvalue weighted by molar-refractivity contribution is 0.292. The number of benzene rings is 1. The Bertz CT molecular complexity index is 572. The molecule has 126 valence electrons. The van der Waals surface area contributed by atoms with Crippen molar-refractivity contribution in [1.29, 1.82) is 0 Å².